The maximum Gasteiger partial charge on any atom is 0.460 e. The zero-order valence-corrected chi connectivity index (χ0v) is 14.6. The fourth-order valence-corrected chi connectivity index (χ4v) is 2.30. The number of nitrogens with zero attached hydrogens (tertiary/aromatic N) is 3. The number of nitrogens with one attached hydrogen (secondary N) is 1. The van der Waals surface area contributed by atoms with Gasteiger partial charge in [-0.3, -0.25) is 10.1 Å². The number of anilines is 1. The Balaban J connectivity index is 2.20. The molecule has 8 nitrogen and oxygen atoms in total. The highest BCUT2D eigenvalue weighted by molar-refractivity contribution is 9.10. The summed E-state index contributed by atoms with van der Waals surface area (Å²) in [6.07, 6.45) is -0.135. The van der Waals surface area contributed by atoms with Crippen LogP contribution < -0.4 is 14.9 Å². The minimum absolute atomic E-state index is 0.0638. The van der Waals surface area contributed by atoms with Gasteiger partial charge in [-0.2, -0.15) is 0 Å². The summed E-state index contributed by atoms with van der Waals surface area (Å²) < 4.78 is 6.23. The van der Waals surface area contributed by atoms with Gasteiger partial charge in [0.05, 0.1) is 19.1 Å². The summed E-state index contributed by atoms with van der Waals surface area (Å²) in [6, 6.07) is 3.14. The first-order chi connectivity index (χ1) is 10.8. The molecule has 0 aliphatic heterocycles. The second-order valence-electron chi connectivity index (χ2n) is 5.30. The summed E-state index contributed by atoms with van der Waals surface area (Å²) >= 11 is 3.33. The van der Waals surface area contributed by atoms with Crippen molar-refractivity contribution >= 4 is 38.9 Å². The first-order valence-electron chi connectivity index (χ1n) is 7.06. The quantitative estimate of drug-likeness (QED) is 0.473. The number of rotatable bonds is 5. The van der Waals surface area contributed by atoms with E-state index in [1.54, 1.807) is 26.0 Å². The van der Waals surface area contributed by atoms with E-state index >= 15 is 0 Å². The summed E-state index contributed by atoms with van der Waals surface area (Å²) in [5.41, 5.74) is 1.17. The molecular formula is C14H17BrN4O4. The Morgan fingerprint density at radius 2 is 2.09 bits per heavy atom. The zero-order chi connectivity index (χ0) is 17.1. The molecule has 0 aliphatic carbocycles. The highest BCUT2D eigenvalue weighted by Gasteiger charge is 2.21. The number of carbonyl (C=O) groups excluding carboxylic acids is 1. The van der Waals surface area contributed by atoms with Crippen LogP contribution in [0.5, 0.6) is 0 Å². The first kappa shape index (κ1) is 17.2. The van der Waals surface area contributed by atoms with Gasteiger partial charge in [0.25, 0.3) is 5.52 Å². The number of hydrogen-bond acceptors (Lipinski definition) is 6. The largest absolute Gasteiger partial charge is 0.739 e. The average Bonchev–Trinajstić information content (AvgIpc) is 2.45. The molecule has 0 unspecified atom stereocenters. The highest BCUT2D eigenvalue weighted by atomic mass is 79.9. The number of benzene rings is 1. The van der Waals surface area contributed by atoms with E-state index in [9.17, 15) is 15.2 Å². The summed E-state index contributed by atoms with van der Waals surface area (Å²) in [5.74, 6) is -0.556. The third kappa shape index (κ3) is 3.98. The van der Waals surface area contributed by atoms with E-state index in [0.29, 0.717) is 14.0 Å². The Bertz CT molecular complexity index is 751. The van der Waals surface area contributed by atoms with Crippen LogP contribution in [0.2, 0.25) is 0 Å². The molecule has 1 aromatic heterocycles. The van der Waals surface area contributed by atoms with Gasteiger partial charge in [0, 0.05) is 15.4 Å². The monoisotopic (exact) mass is 384 g/mol. The summed E-state index contributed by atoms with van der Waals surface area (Å²) in [6.45, 7) is 5.45. The number of hydrogen-bond donors (Lipinski definition) is 1. The van der Waals surface area contributed by atoms with Crippen molar-refractivity contribution < 1.29 is 19.1 Å². The predicted molar refractivity (Wildman–Crippen MR) is 86.4 cm³/mol. The smallest absolute Gasteiger partial charge is 0.460 e. The number of esters is 1. The van der Waals surface area contributed by atoms with Crippen molar-refractivity contribution in [3.05, 3.63) is 32.6 Å². The van der Waals surface area contributed by atoms with E-state index in [1.165, 1.54) is 0 Å². The predicted octanol–water partition coefficient (Wildman–Crippen LogP) is 1.33. The van der Waals surface area contributed by atoms with Gasteiger partial charge >= 0.3 is 11.9 Å². The molecule has 0 bridgehead atoms. The summed E-state index contributed by atoms with van der Waals surface area (Å²) in [5, 5.41) is 30.6. The molecule has 2 aromatic rings. The fraction of sp³-hybridized carbons (Fsp3) is 0.429. The van der Waals surface area contributed by atoms with Crippen LogP contribution in [0.15, 0.2) is 16.6 Å². The van der Waals surface area contributed by atoms with Gasteiger partial charge in [-0.05, 0) is 32.4 Å². The molecule has 0 aliphatic rings. The third-order valence-electron chi connectivity index (χ3n) is 3.04. The van der Waals surface area contributed by atoms with Gasteiger partial charge in [-0.1, -0.05) is 15.9 Å². The Morgan fingerprint density at radius 1 is 1.39 bits per heavy atom. The summed E-state index contributed by atoms with van der Waals surface area (Å²) in [7, 11) is 0. The lowest BCUT2D eigenvalue weighted by Crippen LogP contribution is -2.44. The lowest BCUT2D eigenvalue weighted by molar-refractivity contribution is -0.672. The number of fused-ring (bicyclic) bond motifs is 1. The second kappa shape index (κ2) is 6.95. The third-order valence-corrected chi connectivity index (χ3v) is 3.89. The van der Waals surface area contributed by atoms with Gasteiger partial charge in [0.1, 0.15) is 0 Å². The SMILES string of the molecule is Cc1cc2c(cc1Br)[n+]([O-])c(NCCC(=O)OC(C)C)n[n+]2[O-]. The van der Waals surface area contributed by atoms with Crippen LogP contribution >= 0.6 is 15.9 Å². The zero-order valence-electron chi connectivity index (χ0n) is 13.0. The molecule has 0 atom stereocenters. The molecule has 2 rings (SSSR count). The maximum atomic E-state index is 12.3. The lowest BCUT2D eigenvalue weighted by Gasteiger charge is -2.11. The van der Waals surface area contributed by atoms with E-state index < -0.39 is 0 Å². The topological polar surface area (TPSA) is 105 Å². The lowest BCUT2D eigenvalue weighted by atomic mass is 10.2. The molecule has 124 valence electrons. The molecule has 0 saturated heterocycles. The van der Waals surface area contributed by atoms with Crippen molar-refractivity contribution in [2.45, 2.75) is 33.3 Å². The normalized spacial score (nSPS) is 11.0. The van der Waals surface area contributed by atoms with Gasteiger partial charge in [-0.15, -0.1) is 0 Å². The van der Waals surface area contributed by atoms with E-state index in [-0.39, 0.29) is 42.0 Å². The molecule has 0 amide bonds. The van der Waals surface area contributed by atoms with Crippen LogP contribution in [0.25, 0.3) is 11.0 Å². The van der Waals surface area contributed by atoms with Crippen molar-refractivity contribution in [2.24, 2.45) is 0 Å². The minimum atomic E-state index is -0.390. The van der Waals surface area contributed by atoms with E-state index in [2.05, 4.69) is 26.3 Å². The number of halogens is 1. The number of aromatic nitrogens is 3. The number of aryl methyl sites for hydroxylation is 1. The Labute approximate surface area is 141 Å². The van der Waals surface area contributed by atoms with Crippen LogP contribution in [-0.2, 0) is 9.53 Å². The van der Waals surface area contributed by atoms with Crippen molar-refractivity contribution in [2.75, 3.05) is 11.9 Å². The minimum Gasteiger partial charge on any atom is -0.739 e. The Hall–Kier alpha value is -2.16. The average molecular weight is 385 g/mol. The molecule has 0 saturated carbocycles. The van der Waals surface area contributed by atoms with Crippen molar-refractivity contribution in [1.82, 2.24) is 5.10 Å². The van der Waals surface area contributed by atoms with Gasteiger partial charge in [-0.25, -0.2) is 4.73 Å². The van der Waals surface area contributed by atoms with E-state index in [0.717, 1.165) is 5.56 Å². The van der Waals surface area contributed by atoms with E-state index in [4.69, 9.17) is 4.74 Å². The highest BCUT2D eigenvalue weighted by Crippen LogP contribution is 2.20. The van der Waals surface area contributed by atoms with Crippen LogP contribution in [0.4, 0.5) is 5.95 Å². The molecule has 0 spiro atoms. The Kier molecular flexibility index (Phi) is 5.19. The second-order valence-corrected chi connectivity index (χ2v) is 6.15. The molecule has 1 heterocycles. The Morgan fingerprint density at radius 3 is 2.74 bits per heavy atom. The standard InChI is InChI=1S/C14H17BrN4O4/c1-8(2)23-13(20)4-5-16-14-17-19(22)12-6-9(3)10(15)7-11(12)18(14)21/h6-8H,4-5H2,1-3H3,(H,16,17). The van der Waals surface area contributed by atoms with Crippen molar-refractivity contribution in [1.29, 1.82) is 0 Å². The van der Waals surface area contributed by atoms with Crippen LogP contribution in [0.3, 0.4) is 0 Å². The molecular weight excluding hydrogens is 368 g/mol. The first-order valence-corrected chi connectivity index (χ1v) is 7.85. The fourth-order valence-electron chi connectivity index (χ4n) is 1.97. The van der Waals surface area contributed by atoms with Crippen LogP contribution in [0, 0.1) is 17.3 Å². The van der Waals surface area contributed by atoms with Crippen LogP contribution in [-0.4, -0.2) is 23.7 Å². The van der Waals surface area contributed by atoms with Gasteiger partial charge < -0.3 is 15.2 Å². The van der Waals surface area contributed by atoms with Crippen molar-refractivity contribution in [3.8, 4) is 0 Å². The number of carbonyl (C=O) groups is 1. The van der Waals surface area contributed by atoms with Crippen LogP contribution in [0.1, 0.15) is 25.8 Å². The van der Waals surface area contributed by atoms with Crippen molar-refractivity contribution in [3.63, 3.8) is 0 Å². The number of ether oxygens (including phenoxy) is 1. The molecule has 0 radical (unpaired) electrons. The molecule has 23 heavy (non-hydrogen) atoms. The molecule has 0 fully saturated rings. The summed E-state index contributed by atoms with van der Waals surface area (Å²) in [4.78, 5) is 11.8. The molecule has 1 N–H and O–H groups in total. The molecule has 9 heteroatoms. The van der Waals surface area contributed by atoms with Gasteiger partial charge in [0.2, 0.25) is 5.10 Å². The molecule has 1 aromatic carbocycles. The maximum absolute atomic E-state index is 12.3. The van der Waals surface area contributed by atoms with Gasteiger partial charge in [0.15, 0.2) is 5.52 Å². The van der Waals surface area contributed by atoms with E-state index in [1.807, 2.05) is 6.92 Å².